The standard InChI is InChI=1S/C7H8F3NO3/c8-7(9,10)6(14)11(4-1-2-4)5(13)3-12/h4,12H,1-3H2. The van der Waals surface area contributed by atoms with E-state index in [1.165, 1.54) is 0 Å². The molecule has 1 aliphatic carbocycles. The van der Waals surface area contributed by atoms with Crippen LogP contribution in [0.15, 0.2) is 0 Å². The summed E-state index contributed by atoms with van der Waals surface area (Å²) in [6.45, 7) is -1.08. The highest BCUT2D eigenvalue weighted by Crippen LogP contribution is 2.30. The molecule has 0 bridgehead atoms. The summed E-state index contributed by atoms with van der Waals surface area (Å²) in [5.74, 6) is -3.39. The lowest BCUT2D eigenvalue weighted by atomic mass is 10.4. The molecule has 2 amide bonds. The number of carbonyl (C=O) groups is 2. The van der Waals surface area contributed by atoms with Crippen LogP contribution in [0.25, 0.3) is 0 Å². The van der Waals surface area contributed by atoms with Crippen LogP contribution >= 0.6 is 0 Å². The van der Waals surface area contributed by atoms with E-state index in [0.29, 0.717) is 12.8 Å². The van der Waals surface area contributed by atoms with Crippen LogP contribution in [-0.4, -0.2) is 40.6 Å². The molecular weight excluding hydrogens is 203 g/mol. The Balaban J connectivity index is 2.77. The Labute approximate surface area is 77.3 Å². The molecule has 80 valence electrons. The van der Waals surface area contributed by atoms with Gasteiger partial charge in [-0.05, 0) is 12.8 Å². The van der Waals surface area contributed by atoms with E-state index in [1.807, 2.05) is 0 Å². The molecule has 0 heterocycles. The minimum absolute atomic E-state index is 0.0972. The second kappa shape index (κ2) is 3.56. The maximum absolute atomic E-state index is 12.0. The van der Waals surface area contributed by atoms with Crippen LogP contribution in [0, 0.1) is 0 Å². The van der Waals surface area contributed by atoms with Crippen LogP contribution < -0.4 is 0 Å². The fraction of sp³-hybridized carbons (Fsp3) is 0.714. The van der Waals surface area contributed by atoms with Crippen LogP contribution in [0.2, 0.25) is 0 Å². The van der Waals surface area contributed by atoms with Crippen LogP contribution in [-0.2, 0) is 9.59 Å². The van der Waals surface area contributed by atoms with E-state index in [-0.39, 0.29) is 4.90 Å². The van der Waals surface area contributed by atoms with Gasteiger partial charge in [0.25, 0.3) is 5.91 Å². The summed E-state index contributed by atoms with van der Waals surface area (Å²) < 4.78 is 35.9. The third-order valence-corrected chi connectivity index (χ3v) is 1.78. The Hall–Kier alpha value is -1.11. The van der Waals surface area contributed by atoms with Crippen molar-refractivity contribution < 1.29 is 27.9 Å². The van der Waals surface area contributed by atoms with E-state index in [4.69, 9.17) is 5.11 Å². The number of hydrogen-bond donors (Lipinski definition) is 1. The first-order valence-corrected chi connectivity index (χ1v) is 3.92. The molecule has 1 fully saturated rings. The van der Waals surface area contributed by atoms with Gasteiger partial charge < -0.3 is 5.11 Å². The average molecular weight is 211 g/mol. The first kappa shape index (κ1) is 11.0. The van der Waals surface area contributed by atoms with E-state index >= 15 is 0 Å². The summed E-state index contributed by atoms with van der Waals surface area (Å²) in [7, 11) is 0. The van der Waals surface area contributed by atoms with Gasteiger partial charge in [0.1, 0.15) is 6.61 Å². The third-order valence-electron chi connectivity index (χ3n) is 1.78. The molecule has 0 radical (unpaired) electrons. The van der Waals surface area contributed by atoms with E-state index in [2.05, 4.69) is 0 Å². The lowest BCUT2D eigenvalue weighted by Gasteiger charge is -2.20. The molecule has 0 aromatic rings. The summed E-state index contributed by atoms with van der Waals surface area (Å²) in [6.07, 6.45) is -4.32. The third kappa shape index (κ3) is 2.22. The molecule has 0 aliphatic heterocycles. The maximum Gasteiger partial charge on any atom is 0.471 e. The van der Waals surface area contributed by atoms with E-state index in [0.717, 1.165) is 0 Å². The van der Waals surface area contributed by atoms with Gasteiger partial charge in [0.15, 0.2) is 0 Å². The molecule has 4 nitrogen and oxygen atoms in total. The number of imide groups is 1. The zero-order chi connectivity index (χ0) is 10.9. The van der Waals surface area contributed by atoms with Crippen molar-refractivity contribution in [3.8, 4) is 0 Å². The van der Waals surface area contributed by atoms with Crippen molar-refractivity contribution in [2.45, 2.75) is 25.1 Å². The molecule has 0 saturated heterocycles. The summed E-state index contributed by atoms with van der Waals surface area (Å²) in [5, 5.41) is 8.39. The average Bonchev–Trinajstić information content (AvgIpc) is 2.86. The highest BCUT2D eigenvalue weighted by atomic mass is 19.4. The molecule has 1 saturated carbocycles. The van der Waals surface area contributed by atoms with Gasteiger partial charge in [-0.1, -0.05) is 0 Å². The molecule has 0 aromatic heterocycles. The Morgan fingerprint density at radius 3 is 2.14 bits per heavy atom. The van der Waals surface area contributed by atoms with Crippen LogP contribution in [0.4, 0.5) is 13.2 Å². The lowest BCUT2D eigenvalue weighted by molar-refractivity contribution is -0.188. The molecular formula is C7H8F3NO3. The smallest absolute Gasteiger partial charge is 0.387 e. The van der Waals surface area contributed by atoms with Crippen molar-refractivity contribution in [3.05, 3.63) is 0 Å². The molecule has 0 aromatic carbocycles. The van der Waals surface area contributed by atoms with Crippen molar-refractivity contribution in [3.63, 3.8) is 0 Å². The van der Waals surface area contributed by atoms with E-state index < -0.39 is 30.6 Å². The summed E-state index contributed by atoms with van der Waals surface area (Å²) in [6, 6.07) is -0.691. The van der Waals surface area contributed by atoms with Gasteiger partial charge in [0.05, 0.1) is 0 Å². The van der Waals surface area contributed by atoms with Gasteiger partial charge in [-0.15, -0.1) is 0 Å². The minimum Gasteiger partial charge on any atom is -0.387 e. The zero-order valence-electron chi connectivity index (χ0n) is 7.04. The van der Waals surface area contributed by atoms with Crippen LogP contribution in [0.5, 0.6) is 0 Å². The quantitative estimate of drug-likeness (QED) is 0.702. The minimum atomic E-state index is -5.06. The highest BCUT2D eigenvalue weighted by molar-refractivity contribution is 5.99. The van der Waals surface area contributed by atoms with Gasteiger partial charge in [0.2, 0.25) is 0 Å². The second-order valence-corrected chi connectivity index (χ2v) is 2.96. The van der Waals surface area contributed by atoms with Crippen molar-refractivity contribution in [2.75, 3.05) is 6.61 Å². The number of aliphatic hydroxyl groups is 1. The second-order valence-electron chi connectivity index (χ2n) is 2.96. The number of halogens is 3. The molecule has 7 heteroatoms. The molecule has 0 spiro atoms. The summed E-state index contributed by atoms with van der Waals surface area (Å²) in [4.78, 5) is 21.6. The van der Waals surface area contributed by atoms with Crippen LogP contribution in [0.3, 0.4) is 0 Å². The number of aliphatic hydroxyl groups excluding tert-OH is 1. The molecule has 0 atom stereocenters. The SMILES string of the molecule is O=C(CO)N(C(=O)C(F)(F)F)C1CC1. The lowest BCUT2D eigenvalue weighted by Crippen LogP contribution is -2.47. The Bertz CT molecular complexity index is 259. The Morgan fingerprint density at radius 1 is 1.36 bits per heavy atom. The molecule has 1 rings (SSSR count). The normalized spacial score (nSPS) is 16.6. The number of nitrogens with zero attached hydrogens (tertiary/aromatic N) is 1. The molecule has 14 heavy (non-hydrogen) atoms. The Morgan fingerprint density at radius 2 is 1.86 bits per heavy atom. The van der Waals surface area contributed by atoms with Gasteiger partial charge in [-0.3, -0.25) is 14.5 Å². The Kier molecular flexibility index (Phi) is 2.79. The number of carbonyl (C=O) groups excluding carboxylic acids is 2. The topological polar surface area (TPSA) is 57.6 Å². The van der Waals surface area contributed by atoms with Gasteiger partial charge in [-0.25, -0.2) is 0 Å². The molecule has 1 aliphatic rings. The van der Waals surface area contributed by atoms with E-state index in [1.54, 1.807) is 0 Å². The predicted octanol–water partition coefficient (Wildman–Crippen LogP) is 0.0586. The van der Waals surface area contributed by atoms with Crippen LogP contribution in [0.1, 0.15) is 12.8 Å². The highest BCUT2D eigenvalue weighted by Gasteiger charge is 2.49. The molecule has 0 unspecified atom stereocenters. The monoisotopic (exact) mass is 211 g/mol. The zero-order valence-corrected chi connectivity index (χ0v) is 7.04. The largest absolute Gasteiger partial charge is 0.471 e. The van der Waals surface area contributed by atoms with E-state index in [9.17, 15) is 22.8 Å². The first-order chi connectivity index (χ1) is 6.38. The van der Waals surface area contributed by atoms with Gasteiger partial charge in [-0.2, -0.15) is 13.2 Å². The number of amides is 2. The van der Waals surface area contributed by atoms with Crippen molar-refractivity contribution in [2.24, 2.45) is 0 Å². The van der Waals surface area contributed by atoms with Crippen molar-refractivity contribution in [1.29, 1.82) is 0 Å². The van der Waals surface area contributed by atoms with Crippen molar-refractivity contribution in [1.82, 2.24) is 4.90 Å². The van der Waals surface area contributed by atoms with Gasteiger partial charge in [0, 0.05) is 6.04 Å². The molecule has 1 N–H and O–H groups in total. The first-order valence-electron chi connectivity index (χ1n) is 3.92. The number of hydrogen-bond acceptors (Lipinski definition) is 3. The fourth-order valence-electron chi connectivity index (χ4n) is 1.03. The predicted molar refractivity (Wildman–Crippen MR) is 38.0 cm³/mol. The van der Waals surface area contributed by atoms with Crippen molar-refractivity contribution >= 4 is 11.8 Å². The summed E-state index contributed by atoms with van der Waals surface area (Å²) in [5.41, 5.74) is 0. The van der Waals surface area contributed by atoms with Gasteiger partial charge >= 0.3 is 12.1 Å². The maximum atomic E-state index is 12.0. The fourth-order valence-corrected chi connectivity index (χ4v) is 1.03. The summed E-state index contributed by atoms with van der Waals surface area (Å²) >= 11 is 0. The number of alkyl halides is 3. The number of rotatable bonds is 2.